The Labute approximate surface area is 369 Å². The van der Waals surface area contributed by atoms with Gasteiger partial charge in [0.15, 0.2) is 0 Å². The summed E-state index contributed by atoms with van der Waals surface area (Å²) in [5.74, 6) is -0.214. The van der Waals surface area contributed by atoms with Crippen molar-refractivity contribution in [3.05, 3.63) is 72.9 Å². The van der Waals surface area contributed by atoms with Crippen molar-refractivity contribution in [1.82, 2.24) is 5.32 Å². The molecule has 0 heterocycles. The minimum absolute atomic E-state index is 0.0694. The first-order valence-corrected chi connectivity index (χ1v) is 26.1. The number of carbonyl (C=O) groups is 1. The Morgan fingerprint density at radius 2 is 0.983 bits per heavy atom. The molecule has 0 aliphatic heterocycles. The van der Waals surface area contributed by atoms with Gasteiger partial charge in [0.25, 0.3) is 0 Å². The summed E-state index contributed by atoms with van der Waals surface area (Å²) in [4.78, 5) is 22.8. The average Bonchev–Trinajstić information content (AvgIpc) is 3.24. The highest BCUT2D eigenvalue weighted by Crippen LogP contribution is 2.43. The highest BCUT2D eigenvalue weighted by atomic mass is 31.2. The van der Waals surface area contributed by atoms with Crippen molar-refractivity contribution < 1.29 is 28.4 Å². The minimum Gasteiger partial charge on any atom is -0.387 e. The van der Waals surface area contributed by atoms with Crippen LogP contribution in [0.15, 0.2) is 72.9 Å². The predicted molar refractivity (Wildman–Crippen MR) is 258 cm³/mol. The van der Waals surface area contributed by atoms with E-state index in [4.69, 9.17) is 14.8 Å². The first-order chi connectivity index (χ1) is 29.4. The van der Waals surface area contributed by atoms with E-state index in [1.54, 1.807) is 6.08 Å². The molecule has 0 aliphatic rings. The van der Waals surface area contributed by atoms with Gasteiger partial charge in [-0.15, -0.1) is 0 Å². The predicted octanol–water partition coefficient (Wildman–Crippen LogP) is 14.4. The highest BCUT2D eigenvalue weighted by Gasteiger charge is 2.26. The van der Waals surface area contributed by atoms with Crippen LogP contribution in [0, 0.1) is 0 Å². The molecule has 348 valence electrons. The second kappa shape index (κ2) is 46.4. The molecule has 0 rings (SSSR count). The Hall–Kier alpha value is -2.06. The van der Waals surface area contributed by atoms with E-state index in [1.807, 2.05) is 6.08 Å². The molecule has 1 amide bonds. The van der Waals surface area contributed by atoms with Gasteiger partial charge in [0, 0.05) is 13.0 Å². The number of carbonyl (C=O) groups excluding carboxylic acids is 1. The molecule has 9 heteroatoms. The normalized spacial score (nSPS) is 14.6. The topological polar surface area (TPSA) is 131 Å². The largest absolute Gasteiger partial charge is 0.472 e. The van der Waals surface area contributed by atoms with Crippen LogP contribution >= 0.6 is 7.82 Å². The fourth-order valence-electron chi connectivity index (χ4n) is 6.85. The lowest BCUT2D eigenvalue weighted by Gasteiger charge is -2.23. The number of unbranched alkanes of at least 4 members (excludes halogenated alkanes) is 23. The first kappa shape index (κ1) is 57.9. The van der Waals surface area contributed by atoms with E-state index in [0.29, 0.717) is 6.42 Å². The van der Waals surface area contributed by atoms with Gasteiger partial charge in [-0.3, -0.25) is 13.8 Å². The Morgan fingerprint density at radius 1 is 0.567 bits per heavy atom. The second-order valence-electron chi connectivity index (χ2n) is 16.3. The molecule has 0 fully saturated rings. The van der Waals surface area contributed by atoms with E-state index in [2.05, 4.69) is 79.9 Å². The maximum absolute atomic E-state index is 12.8. The summed E-state index contributed by atoms with van der Waals surface area (Å²) in [6.45, 7) is 4.00. The molecule has 0 aliphatic carbocycles. The summed E-state index contributed by atoms with van der Waals surface area (Å²) in [6, 6.07) is -0.886. The molecular formula is C51H93N2O6P. The zero-order chi connectivity index (χ0) is 43.9. The van der Waals surface area contributed by atoms with E-state index in [1.165, 1.54) is 116 Å². The lowest BCUT2D eigenvalue weighted by atomic mass is 10.0. The third-order valence-corrected chi connectivity index (χ3v) is 11.5. The molecule has 3 atom stereocenters. The van der Waals surface area contributed by atoms with Crippen molar-refractivity contribution in [3.63, 3.8) is 0 Å². The molecule has 5 N–H and O–H groups in total. The third-order valence-electron chi connectivity index (χ3n) is 10.5. The molecule has 0 aromatic heterocycles. The van der Waals surface area contributed by atoms with Gasteiger partial charge in [0.2, 0.25) is 5.91 Å². The van der Waals surface area contributed by atoms with Gasteiger partial charge in [-0.1, -0.05) is 209 Å². The van der Waals surface area contributed by atoms with Crippen molar-refractivity contribution in [1.29, 1.82) is 0 Å². The Balaban J connectivity index is 4.20. The lowest BCUT2D eigenvalue weighted by Crippen LogP contribution is -2.45. The molecule has 0 radical (unpaired) electrons. The van der Waals surface area contributed by atoms with E-state index in [9.17, 15) is 19.4 Å². The number of aliphatic hydroxyl groups is 1. The number of phosphoric acid groups is 1. The van der Waals surface area contributed by atoms with Crippen molar-refractivity contribution in [2.75, 3.05) is 19.8 Å². The number of rotatable bonds is 45. The van der Waals surface area contributed by atoms with Crippen LogP contribution in [-0.2, 0) is 18.4 Å². The summed E-state index contributed by atoms with van der Waals surface area (Å²) in [5.41, 5.74) is 5.39. The Morgan fingerprint density at radius 3 is 1.48 bits per heavy atom. The maximum atomic E-state index is 12.8. The first-order valence-electron chi connectivity index (χ1n) is 24.6. The van der Waals surface area contributed by atoms with Crippen molar-refractivity contribution in [2.24, 2.45) is 5.73 Å². The van der Waals surface area contributed by atoms with Crippen LogP contribution in [0.25, 0.3) is 0 Å². The molecule has 0 spiro atoms. The second-order valence-corrected chi connectivity index (χ2v) is 17.7. The number of nitrogens with one attached hydrogen (secondary N) is 1. The smallest absolute Gasteiger partial charge is 0.387 e. The molecule has 8 nitrogen and oxygen atoms in total. The lowest BCUT2D eigenvalue weighted by molar-refractivity contribution is -0.123. The fraction of sp³-hybridized carbons (Fsp3) is 0.745. The number of hydrogen-bond donors (Lipinski definition) is 4. The molecule has 0 saturated carbocycles. The number of allylic oxidation sites excluding steroid dienone is 11. The fourth-order valence-corrected chi connectivity index (χ4v) is 7.60. The van der Waals surface area contributed by atoms with Gasteiger partial charge in [0.05, 0.1) is 25.4 Å². The summed E-state index contributed by atoms with van der Waals surface area (Å²) in [6.07, 6.45) is 61.0. The van der Waals surface area contributed by atoms with Crippen LogP contribution in [0.5, 0.6) is 0 Å². The Kier molecular flexibility index (Phi) is 44.8. The van der Waals surface area contributed by atoms with Crippen LogP contribution in [0.1, 0.15) is 213 Å². The molecular weight excluding hydrogens is 768 g/mol. The van der Waals surface area contributed by atoms with Crippen LogP contribution in [0.2, 0.25) is 0 Å². The summed E-state index contributed by atoms with van der Waals surface area (Å²) in [7, 11) is -4.36. The molecule has 0 saturated heterocycles. The van der Waals surface area contributed by atoms with Gasteiger partial charge < -0.3 is 21.1 Å². The van der Waals surface area contributed by atoms with E-state index >= 15 is 0 Å². The zero-order valence-electron chi connectivity index (χ0n) is 38.7. The zero-order valence-corrected chi connectivity index (χ0v) is 39.6. The van der Waals surface area contributed by atoms with Gasteiger partial charge in [0.1, 0.15) is 0 Å². The number of hydrogen-bond acceptors (Lipinski definition) is 6. The quantitative estimate of drug-likeness (QED) is 0.0272. The Bertz CT molecular complexity index is 1170. The van der Waals surface area contributed by atoms with Gasteiger partial charge in [-0.25, -0.2) is 4.57 Å². The van der Waals surface area contributed by atoms with Gasteiger partial charge >= 0.3 is 7.82 Å². The maximum Gasteiger partial charge on any atom is 0.472 e. The molecule has 3 unspecified atom stereocenters. The van der Waals surface area contributed by atoms with Crippen LogP contribution in [-0.4, -0.2) is 47.8 Å². The summed E-state index contributed by atoms with van der Waals surface area (Å²) < 4.78 is 22.2. The summed E-state index contributed by atoms with van der Waals surface area (Å²) >= 11 is 0. The third kappa shape index (κ3) is 44.0. The number of amides is 1. The van der Waals surface area contributed by atoms with Crippen LogP contribution < -0.4 is 11.1 Å². The number of phosphoric ester groups is 1. The number of aliphatic hydroxyl groups excluding tert-OH is 1. The highest BCUT2D eigenvalue weighted by molar-refractivity contribution is 7.47. The standard InChI is InChI=1S/C51H93N2O6P/c1-3-5-7-9-11-13-15-17-19-21-23-25-27-29-31-33-35-37-39-41-43-45-51(55)53-49(48-59-60(56,57)58-47-46-52)50(54)44-42-40-38-36-34-32-30-28-26-24-22-20-18-16-14-12-10-8-6-4-2/h5,7,11,13,17,19,23,25,34,36,42,44,49-50,54H,3-4,6,8-10,12,14-16,18,20-22,24,26-33,35,37-41,43,45-48,52H2,1-2H3,(H,53,55)(H,56,57)/b7-5-,13-11-,19-17-,25-23-,36-34+,44-42+. The van der Waals surface area contributed by atoms with Crippen LogP contribution in [0.4, 0.5) is 0 Å². The molecule has 60 heavy (non-hydrogen) atoms. The van der Waals surface area contributed by atoms with Gasteiger partial charge in [-0.05, 0) is 70.6 Å². The monoisotopic (exact) mass is 861 g/mol. The van der Waals surface area contributed by atoms with Crippen molar-refractivity contribution in [3.8, 4) is 0 Å². The van der Waals surface area contributed by atoms with E-state index in [0.717, 1.165) is 77.0 Å². The average molecular weight is 861 g/mol. The number of nitrogens with two attached hydrogens (primary N) is 1. The SMILES string of the molecule is CC/C=C\C/C=C\C/C=C\C/C=C\CCCCCCCCCCC(=O)NC(COP(=O)(O)OCCN)C(O)/C=C/CC/C=C/CCCCCCCCCCCCCCCC. The van der Waals surface area contributed by atoms with Crippen molar-refractivity contribution in [2.45, 2.75) is 225 Å². The van der Waals surface area contributed by atoms with Crippen LogP contribution in [0.3, 0.4) is 0 Å². The summed E-state index contributed by atoms with van der Waals surface area (Å²) in [5, 5.41) is 13.7. The molecule has 0 aromatic rings. The molecule has 0 aromatic carbocycles. The van der Waals surface area contributed by atoms with E-state index < -0.39 is 20.0 Å². The van der Waals surface area contributed by atoms with Gasteiger partial charge in [-0.2, -0.15) is 0 Å². The molecule has 0 bridgehead atoms. The van der Waals surface area contributed by atoms with E-state index in [-0.39, 0.29) is 25.7 Å². The minimum atomic E-state index is -4.36. The van der Waals surface area contributed by atoms with Crippen molar-refractivity contribution >= 4 is 13.7 Å².